The second-order valence-electron chi connectivity index (χ2n) is 4.51. The van der Waals surface area contributed by atoms with Crippen molar-refractivity contribution in [1.29, 1.82) is 0 Å². The molecule has 114 valence electrons. The molecule has 2 N–H and O–H groups in total. The molecule has 0 spiro atoms. The van der Waals surface area contributed by atoms with Crippen LogP contribution in [-0.2, 0) is 13.3 Å². The van der Waals surface area contributed by atoms with Gasteiger partial charge in [0.15, 0.2) is 0 Å². The Labute approximate surface area is 123 Å². The smallest absolute Gasteiger partial charge is 0.377 e. The maximum atomic E-state index is 5.70. The van der Waals surface area contributed by atoms with E-state index in [0.29, 0.717) is 6.54 Å². The molecule has 0 aliphatic rings. The number of hydrogen-bond donors (Lipinski definition) is 1. The molecular weight excluding hydrogens is 272 g/mol. The van der Waals surface area contributed by atoms with Crippen LogP contribution in [0.25, 0.3) is 0 Å². The fourth-order valence-corrected chi connectivity index (χ4v) is 3.91. The molecule has 0 atom stereocenters. The molecule has 1 aromatic rings. The van der Waals surface area contributed by atoms with Gasteiger partial charge in [-0.1, -0.05) is 18.2 Å². The normalized spacial score (nSPS) is 11.6. The molecule has 0 saturated heterocycles. The van der Waals surface area contributed by atoms with Crippen molar-refractivity contribution < 1.29 is 13.3 Å². The SMILES string of the molecule is CO[Si](CCCN(CCN)c1ccccc1)(OC)OC. The van der Waals surface area contributed by atoms with Gasteiger partial charge in [0.2, 0.25) is 0 Å². The average molecular weight is 298 g/mol. The summed E-state index contributed by atoms with van der Waals surface area (Å²) >= 11 is 0. The summed E-state index contributed by atoms with van der Waals surface area (Å²) in [5, 5.41) is 0. The molecular formula is C14H26N2O3Si. The Kier molecular flexibility index (Phi) is 7.79. The van der Waals surface area contributed by atoms with Crippen molar-refractivity contribution in [3.8, 4) is 0 Å². The molecule has 0 aliphatic heterocycles. The monoisotopic (exact) mass is 298 g/mol. The van der Waals surface area contributed by atoms with E-state index in [2.05, 4.69) is 17.0 Å². The van der Waals surface area contributed by atoms with Crippen molar-refractivity contribution >= 4 is 14.5 Å². The molecule has 1 aromatic carbocycles. The molecule has 6 heteroatoms. The molecule has 0 aromatic heterocycles. The third-order valence-corrected chi connectivity index (χ3v) is 6.20. The predicted molar refractivity (Wildman–Crippen MR) is 83.9 cm³/mol. The van der Waals surface area contributed by atoms with Gasteiger partial charge in [0.1, 0.15) is 0 Å². The lowest BCUT2D eigenvalue weighted by Crippen LogP contribution is -2.43. The Morgan fingerprint density at radius 1 is 1.00 bits per heavy atom. The summed E-state index contributed by atoms with van der Waals surface area (Å²) < 4.78 is 16.3. The van der Waals surface area contributed by atoms with E-state index in [0.717, 1.165) is 25.6 Å². The number of nitrogens with zero attached hydrogens (tertiary/aromatic N) is 1. The fraction of sp³-hybridized carbons (Fsp3) is 0.571. The van der Waals surface area contributed by atoms with Gasteiger partial charge in [0.05, 0.1) is 0 Å². The standard InChI is InChI=1S/C14H26N2O3Si/c1-17-20(18-2,19-3)13-7-11-16(12-10-15)14-8-5-4-6-9-14/h4-6,8-9H,7,10-13,15H2,1-3H3. The van der Waals surface area contributed by atoms with Gasteiger partial charge in [-0.25, -0.2) is 0 Å². The average Bonchev–Trinajstić information content (AvgIpc) is 2.52. The zero-order chi connectivity index (χ0) is 14.8. The quantitative estimate of drug-likeness (QED) is 0.667. The Morgan fingerprint density at radius 2 is 1.60 bits per heavy atom. The maximum absolute atomic E-state index is 5.70. The van der Waals surface area contributed by atoms with Gasteiger partial charge >= 0.3 is 8.80 Å². The maximum Gasteiger partial charge on any atom is 0.500 e. The number of anilines is 1. The van der Waals surface area contributed by atoms with Crippen LogP contribution < -0.4 is 10.6 Å². The van der Waals surface area contributed by atoms with Gasteiger partial charge in [0.25, 0.3) is 0 Å². The fourth-order valence-electron chi connectivity index (χ4n) is 2.21. The number of benzene rings is 1. The van der Waals surface area contributed by atoms with E-state index in [1.54, 1.807) is 21.3 Å². The predicted octanol–water partition coefficient (Wildman–Crippen LogP) is 1.72. The molecule has 0 amide bonds. The Morgan fingerprint density at radius 3 is 2.10 bits per heavy atom. The summed E-state index contributed by atoms with van der Waals surface area (Å²) in [5.41, 5.74) is 6.89. The van der Waals surface area contributed by atoms with Crippen molar-refractivity contribution in [2.24, 2.45) is 5.73 Å². The van der Waals surface area contributed by atoms with Gasteiger partial charge in [-0.05, 0) is 18.6 Å². The molecule has 0 unspecified atom stereocenters. The van der Waals surface area contributed by atoms with Gasteiger partial charge in [0, 0.05) is 52.7 Å². The molecule has 1 rings (SSSR count). The second kappa shape index (κ2) is 9.09. The first-order chi connectivity index (χ1) is 9.71. The number of para-hydroxylation sites is 1. The number of rotatable bonds is 10. The van der Waals surface area contributed by atoms with Crippen LogP contribution in [0, 0.1) is 0 Å². The first kappa shape index (κ1) is 17.1. The summed E-state index contributed by atoms with van der Waals surface area (Å²) in [4.78, 5) is 2.28. The third-order valence-electron chi connectivity index (χ3n) is 3.36. The molecule has 20 heavy (non-hydrogen) atoms. The zero-order valence-corrected chi connectivity index (χ0v) is 13.7. The van der Waals surface area contributed by atoms with E-state index >= 15 is 0 Å². The van der Waals surface area contributed by atoms with Gasteiger partial charge < -0.3 is 23.9 Å². The highest BCUT2D eigenvalue weighted by Gasteiger charge is 2.37. The van der Waals surface area contributed by atoms with Crippen molar-refractivity contribution in [1.82, 2.24) is 0 Å². The first-order valence-electron chi connectivity index (χ1n) is 6.87. The van der Waals surface area contributed by atoms with Gasteiger partial charge in [-0.2, -0.15) is 0 Å². The molecule has 5 nitrogen and oxygen atoms in total. The molecule has 0 bridgehead atoms. The number of nitrogens with two attached hydrogens (primary N) is 1. The minimum atomic E-state index is -2.47. The number of hydrogen-bond acceptors (Lipinski definition) is 5. The van der Waals surface area contributed by atoms with Crippen LogP contribution in [0.5, 0.6) is 0 Å². The lowest BCUT2D eigenvalue weighted by Gasteiger charge is -2.27. The van der Waals surface area contributed by atoms with E-state index in [1.807, 2.05) is 18.2 Å². The Bertz CT molecular complexity index is 352. The van der Waals surface area contributed by atoms with Crippen LogP contribution in [0.2, 0.25) is 6.04 Å². The van der Waals surface area contributed by atoms with Crippen LogP contribution >= 0.6 is 0 Å². The van der Waals surface area contributed by atoms with Crippen LogP contribution in [0.15, 0.2) is 30.3 Å². The Balaban J connectivity index is 2.56. The van der Waals surface area contributed by atoms with Crippen molar-refractivity contribution in [2.45, 2.75) is 12.5 Å². The van der Waals surface area contributed by atoms with Crippen molar-refractivity contribution in [3.05, 3.63) is 30.3 Å². The lowest BCUT2D eigenvalue weighted by atomic mass is 10.2. The summed E-state index contributed by atoms with van der Waals surface area (Å²) in [5.74, 6) is 0. The molecule has 0 aliphatic carbocycles. The van der Waals surface area contributed by atoms with E-state index in [1.165, 1.54) is 5.69 Å². The summed E-state index contributed by atoms with van der Waals surface area (Å²) in [7, 11) is 2.47. The summed E-state index contributed by atoms with van der Waals surface area (Å²) in [6, 6.07) is 11.1. The van der Waals surface area contributed by atoms with Gasteiger partial charge in [-0.15, -0.1) is 0 Å². The van der Waals surface area contributed by atoms with E-state index in [-0.39, 0.29) is 0 Å². The molecule has 0 fully saturated rings. The third kappa shape index (κ3) is 4.88. The lowest BCUT2D eigenvalue weighted by molar-refractivity contribution is 0.123. The molecule has 0 radical (unpaired) electrons. The minimum absolute atomic E-state index is 0.635. The highest BCUT2D eigenvalue weighted by atomic mass is 28.4. The van der Waals surface area contributed by atoms with Crippen molar-refractivity contribution in [3.63, 3.8) is 0 Å². The zero-order valence-electron chi connectivity index (χ0n) is 12.7. The topological polar surface area (TPSA) is 57.0 Å². The summed E-state index contributed by atoms with van der Waals surface area (Å²) in [6.45, 7) is 2.38. The van der Waals surface area contributed by atoms with E-state index in [4.69, 9.17) is 19.0 Å². The van der Waals surface area contributed by atoms with Crippen LogP contribution in [-0.4, -0.2) is 49.8 Å². The van der Waals surface area contributed by atoms with Crippen LogP contribution in [0.4, 0.5) is 5.69 Å². The summed E-state index contributed by atoms with van der Waals surface area (Å²) in [6.07, 6.45) is 0.941. The molecule has 0 saturated carbocycles. The first-order valence-corrected chi connectivity index (χ1v) is 8.80. The van der Waals surface area contributed by atoms with E-state index in [9.17, 15) is 0 Å². The molecule has 0 heterocycles. The van der Waals surface area contributed by atoms with Gasteiger partial charge in [-0.3, -0.25) is 0 Å². The van der Waals surface area contributed by atoms with Crippen LogP contribution in [0.1, 0.15) is 6.42 Å². The largest absolute Gasteiger partial charge is 0.500 e. The van der Waals surface area contributed by atoms with E-state index < -0.39 is 8.80 Å². The Hall–Kier alpha value is -0.923. The van der Waals surface area contributed by atoms with Crippen molar-refractivity contribution in [2.75, 3.05) is 45.9 Å². The van der Waals surface area contributed by atoms with Crippen LogP contribution in [0.3, 0.4) is 0 Å². The highest BCUT2D eigenvalue weighted by molar-refractivity contribution is 6.60. The second-order valence-corrected chi connectivity index (χ2v) is 7.60. The highest BCUT2D eigenvalue weighted by Crippen LogP contribution is 2.18. The minimum Gasteiger partial charge on any atom is -0.377 e.